The number of fused-ring (bicyclic) bond motifs is 3. The number of hydrogen-bond acceptors (Lipinski definition) is 1. The van der Waals surface area contributed by atoms with Crippen LogP contribution in [0.5, 0.6) is 0 Å². The van der Waals surface area contributed by atoms with Gasteiger partial charge in [0.1, 0.15) is 11.2 Å². The fourth-order valence-corrected chi connectivity index (χ4v) is 3.55. The van der Waals surface area contributed by atoms with Crippen LogP contribution in [-0.2, 0) is 0 Å². The maximum atomic E-state index is 6.23. The Bertz CT molecular complexity index is 1070. The number of rotatable bonds is 3. The summed E-state index contributed by atoms with van der Waals surface area (Å²) in [7, 11) is 0. The average Bonchev–Trinajstić information content (AvgIpc) is 3.37. The molecule has 3 heterocycles. The molecule has 116 valence electrons. The topological polar surface area (TPSA) is 44.7 Å². The highest BCUT2D eigenvalue weighted by Crippen LogP contribution is 2.38. The second-order valence-electron chi connectivity index (χ2n) is 6.01. The lowest BCUT2D eigenvalue weighted by Gasteiger charge is -2.15. The van der Waals surface area contributed by atoms with Gasteiger partial charge in [-0.15, -0.1) is 0 Å². The molecule has 0 aliphatic rings. The zero-order chi connectivity index (χ0) is 15.9. The number of para-hydroxylation sites is 2. The van der Waals surface area contributed by atoms with Crippen LogP contribution in [0.15, 0.2) is 83.5 Å². The first-order chi connectivity index (χ1) is 11.9. The average molecular weight is 312 g/mol. The lowest BCUT2D eigenvalue weighted by atomic mass is 9.91. The van der Waals surface area contributed by atoms with Crippen LogP contribution in [0.3, 0.4) is 0 Å². The van der Waals surface area contributed by atoms with E-state index in [-0.39, 0.29) is 5.92 Å². The van der Waals surface area contributed by atoms with Crippen molar-refractivity contribution in [3.63, 3.8) is 0 Å². The molecule has 24 heavy (non-hydrogen) atoms. The number of benzene rings is 2. The van der Waals surface area contributed by atoms with Crippen molar-refractivity contribution in [3.8, 4) is 0 Å². The van der Waals surface area contributed by atoms with Crippen LogP contribution in [0.4, 0.5) is 0 Å². The molecule has 0 amide bonds. The predicted octanol–water partition coefficient (Wildman–Crippen LogP) is 5.42. The van der Waals surface area contributed by atoms with E-state index in [1.54, 1.807) is 0 Å². The minimum atomic E-state index is 0.0827. The molecule has 2 aromatic carbocycles. The maximum absolute atomic E-state index is 6.23. The highest BCUT2D eigenvalue weighted by molar-refractivity contribution is 6.06. The van der Waals surface area contributed by atoms with Gasteiger partial charge in [-0.3, -0.25) is 0 Å². The summed E-state index contributed by atoms with van der Waals surface area (Å²) in [5.41, 5.74) is 5.33. The summed E-state index contributed by atoms with van der Waals surface area (Å²) in [5.74, 6) is 0.0827. The number of aromatic nitrogens is 2. The maximum Gasteiger partial charge on any atom is 0.139 e. The van der Waals surface area contributed by atoms with Crippen molar-refractivity contribution < 1.29 is 4.42 Å². The van der Waals surface area contributed by atoms with Gasteiger partial charge in [-0.2, -0.15) is 0 Å². The number of H-pyrrole nitrogens is 2. The number of nitrogens with one attached hydrogen (secondary N) is 2. The highest BCUT2D eigenvalue weighted by Gasteiger charge is 2.23. The number of hydrogen-bond donors (Lipinski definition) is 2. The lowest BCUT2D eigenvalue weighted by Crippen LogP contribution is -2.04. The Labute approximate surface area is 138 Å². The van der Waals surface area contributed by atoms with Gasteiger partial charge in [-0.25, -0.2) is 0 Å². The molecule has 0 fully saturated rings. The van der Waals surface area contributed by atoms with Gasteiger partial charge in [0.15, 0.2) is 0 Å². The third kappa shape index (κ3) is 1.91. The summed E-state index contributed by atoms with van der Waals surface area (Å²) in [6, 6.07) is 22.9. The zero-order valence-electron chi connectivity index (χ0n) is 13.0. The lowest BCUT2D eigenvalue weighted by molar-refractivity contribution is 0.659. The van der Waals surface area contributed by atoms with Crippen molar-refractivity contribution in [2.45, 2.75) is 5.92 Å². The molecule has 3 nitrogen and oxygen atoms in total. The standard InChI is InChI=1S/C21H16N2O/c1-2-11-19-14(6-1)15-7-3-8-16(21(15)24-19)20(17-9-4-12-22-17)18-10-5-13-23-18/h1-13,20,22-23H. The number of furan rings is 1. The smallest absolute Gasteiger partial charge is 0.139 e. The summed E-state index contributed by atoms with van der Waals surface area (Å²) >= 11 is 0. The minimum absolute atomic E-state index is 0.0827. The fraction of sp³-hybridized carbons (Fsp3) is 0.0476. The Morgan fingerprint density at radius 3 is 2.08 bits per heavy atom. The quantitative estimate of drug-likeness (QED) is 0.459. The molecule has 5 aromatic rings. The monoisotopic (exact) mass is 312 g/mol. The second-order valence-corrected chi connectivity index (χ2v) is 6.01. The van der Waals surface area contributed by atoms with E-state index in [2.05, 4.69) is 52.4 Å². The van der Waals surface area contributed by atoms with E-state index in [1.807, 2.05) is 36.7 Å². The van der Waals surface area contributed by atoms with Crippen molar-refractivity contribution in [1.29, 1.82) is 0 Å². The molecule has 5 rings (SSSR count). The summed E-state index contributed by atoms with van der Waals surface area (Å²) in [4.78, 5) is 6.72. The summed E-state index contributed by atoms with van der Waals surface area (Å²) in [6.45, 7) is 0. The molecule has 0 radical (unpaired) electrons. The van der Waals surface area contributed by atoms with Gasteiger partial charge in [0, 0.05) is 40.1 Å². The molecule has 0 aliphatic carbocycles. The Kier molecular flexibility index (Phi) is 2.85. The van der Waals surface area contributed by atoms with Gasteiger partial charge in [0.2, 0.25) is 0 Å². The van der Waals surface area contributed by atoms with Crippen LogP contribution in [-0.4, -0.2) is 9.97 Å². The van der Waals surface area contributed by atoms with Crippen LogP contribution in [0.2, 0.25) is 0 Å². The summed E-state index contributed by atoms with van der Waals surface area (Å²) in [6.07, 6.45) is 3.92. The van der Waals surface area contributed by atoms with Crippen LogP contribution < -0.4 is 0 Å². The first-order valence-corrected chi connectivity index (χ1v) is 8.08. The van der Waals surface area contributed by atoms with Crippen LogP contribution in [0.1, 0.15) is 22.9 Å². The molecule has 2 N–H and O–H groups in total. The molecule has 0 bridgehead atoms. The van der Waals surface area contributed by atoms with Gasteiger partial charge < -0.3 is 14.4 Å². The van der Waals surface area contributed by atoms with E-state index in [4.69, 9.17) is 4.42 Å². The van der Waals surface area contributed by atoms with Gasteiger partial charge >= 0.3 is 0 Å². The highest BCUT2D eigenvalue weighted by atomic mass is 16.3. The largest absolute Gasteiger partial charge is 0.456 e. The van der Waals surface area contributed by atoms with E-state index >= 15 is 0 Å². The van der Waals surface area contributed by atoms with Gasteiger partial charge in [-0.05, 0) is 30.3 Å². The van der Waals surface area contributed by atoms with E-state index in [9.17, 15) is 0 Å². The van der Waals surface area contributed by atoms with Crippen molar-refractivity contribution in [2.24, 2.45) is 0 Å². The molecule has 0 aliphatic heterocycles. The Balaban J connectivity index is 1.83. The predicted molar refractivity (Wildman–Crippen MR) is 96.3 cm³/mol. The summed E-state index contributed by atoms with van der Waals surface area (Å²) < 4.78 is 6.23. The zero-order valence-corrected chi connectivity index (χ0v) is 13.0. The third-order valence-electron chi connectivity index (χ3n) is 4.61. The number of aromatic amines is 2. The molecule has 3 aromatic heterocycles. The molecular weight excluding hydrogens is 296 g/mol. The summed E-state index contributed by atoms with van der Waals surface area (Å²) in [5, 5.41) is 2.32. The Hall–Kier alpha value is -3.20. The van der Waals surface area contributed by atoms with E-state index in [0.717, 1.165) is 38.9 Å². The van der Waals surface area contributed by atoms with Gasteiger partial charge in [0.25, 0.3) is 0 Å². The van der Waals surface area contributed by atoms with Crippen molar-refractivity contribution in [1.82, 2.24) is 9.97 Å². The molecule has 0 saturated heterocycles. The Morgan fingerprint density at radius 1 is 0.667 bits per heavy atom. The fourth-order valence-electron chi connectivity index (χ4n) is 3.55. The molecular formula is C21H16N2O. The molecule has 0 spiro atoms. The van der Waals surface area contributed by atoms with E-state index < -0.39 is 0 Å². The van der Waals surface area contributed by atoms with Gasteiger partial charge in [-0.1, -0.05) is 36.4 Å². The molecule has 3 heteroatoms. The molecule has 0 saturated carbocycles. The SMILES string of the molecule is c1c[nH]c(C(c2ccc[nH]2)c2cccc3c2oc2ccccc23)c1. The van der Waals surface area contributed by atoms with Gasteiger partial charge in [0.05, 0.1) is 5.92 Å². The second kappa shape index (κ2) is 5.17. The molecule has 0 atom stereocenters. The first-order valence-electron chi connectivity index (χ1n) is 8.08. The first kappa shape index (κ1) is 13.3. The third-order valence-corrected chi connectivity index (χ3v) is 4.61. The van der Waals surface area contributed by atoms with Crippen molar-refractivity contribution in [3.05, 3.63) is 96.1 Å². The van der Waals surface area contributed by atoms with E-state index in [0.29, 0.717) is 0 Å². The Morgan fingerprint density at radius 2 is 1.38 bits per heavy atom. The van der Waals surface area contributed by atoms with Crippen molar-refractivity contribution in [2.75, 3.05) is 0 Å². The minimum Gasteiger partial charge on any atom is -0.456 e. The van der Waals surface area contributed by atoms with Crippen LogP contribution >= 0.6 is 0 Å². The van der Waals surface area contributed by atoms with Crippen LogP contribution in [0.25, 0.3) is 21.9 Å². The molecule has 0 unspecified atom stereocenters. The van der Waals surface area contributed by atoms with Crippen molar-refractivity contribution >= 4 is 21.9 Å². The van der Waals surface area contributed by atoms with E-state index in [1.165, 1.54) is 0 Å². The normalized spacial score (nSPS) is 11.7. The van der Waals surface area contributed by atoms with Crippen LogP contribution in [0, 0.1) is 0 Å².